The summed E-state index contributed by atoms with van der Waals surface area (Å²) in [5.74, 6) is 0. The molecule has 0 amide bonds. The molecule has 4 aliphatic rings. The van der Waals surface area contributed by atoms with E-state index in [2.05, 4.69) is 290 Å². The lowest BCUT2D eigenvalue weighted by Crippen LogP contribution is -2.60. The molecule has 8 heterocycles. The number of nitrogens with zero attached hydrogens (tertiary/aromatic N) is 4. The fraction of sp³-hybridized carbons (Fsp3) is 0.114. The highest BCUT2D eigenvalue weighted by Crippen LogP contribution is 2.55. The average Bonchev–Trinajstić information content (AvgIpc) is 1.32. The minimum atomic E-state index is -0.135. The molecule has 0 saturated heterocycles. The molecule has 4 aromatic heterocycles. The molecule has 0 unspecified atom stereocenters. The molecule has 0 radical (unpaired) electrons. The molecule has 0 spiro atoms. The molecular weight excluding hydrogens is 1180 g/mol. The molecule has 96 heavy (non-hydrogen) atoms. The fourth-order valence-electron chi connectivity index (χ4n) is 18.4. The Morgan fingerprint density at radius 2 is 0.958 bits per heavy atom. The number of furan rings is 1. The highest BCUT2D eigenvalue weighted by Gasteiger charge is 2.48. The van der Waals surface area contributed by atoms with Gasteiger partial charge in [0.1, 0.15) is 11.2 Å². The Morgan fingerprint density at radius 3 is 1.68 bits per heavy atom. The number of hydrogen-bond donors (Lipinski definition) is 0. The molecule has 0 N–H and O–H groups in total. The topological polar surface area (TPSA) is 29.5 Å². The molecule has 5 nitrogen and oxygen atoms in total. The summed E-state index contributed by atoms with van der Waals surface area (Å²) in [7, 11) is 0. The smallest absolute Gasteiger partial charge is 0.333 e. The Kier molecular flexibility index (Phi) is 11.4. The third-order valence-electron chi connectivity index (χ3n) is 22.4. The van der Waals surface area contributed by atoms with E-state index in [-0.39, 0.29) is 13.7 Å². The normalized spacial score (nSPS) is 13.4. The van der Waals surface area contributed by atoms with E-state index in [0.29, 0.717) is 0 Å². The van der Waals surface area contributed by atoms with Gasteiger partial charge in [-0.2, -0.15) is 0 Å². The summed E-state index contributed by atoms with van der Waals surface area (Å²) >= 11 is 1.92. The number of unbranched alkanes of at least 4 members (excludes halogenated alkanes) is 3. The Bertz CT molecular complexity index is 6290. The zero-order valence-corrected chi connectivity index (χ0v) is 55.1. The second kappa shape index (κ2) is 20.1. The van der Waals surface area contributed by atoms with Crippen molar-refractivity contribution in [2.45, 2.75) is 66.7 Å². The first kappa shape index (κ1) is 54.6. The van der Waals surface area contributed by atoms with Crippen LogP contribution in [0.15, 0.2) is 241 Å². The minimum absolute atomic E-state index is 0.103. The van der Waals surface area contributed by atoms with Gasteiger partial charge in [0, 0.05) is 92.4 Å². The van der Waals surface area contributed by atoms with E-state index in [9.17, 15) is 0 Å². The zero-order valence-electron chi connectivity index (χ0n) is 54.3. The van der Waals surface area contributed by atoms with Crippen molar-refractivity contribution in [1.29, 1.82) is 0 Å². The molecule has 0 saturated carbocycles. The van der Waals surface area contributed by atoms with Gasteiger partial charge in [0.2, 0.25) is 0 Å². The molecule has 454 valence electrons. The second-order valence-electron chi connectivity index (χ2n) is 27.7. The summed E-state index contributed by atoms with van der Waals surface area (Å²) in [6, 6.07) is 90.9. The van der Waals surface area contributed by atoms with Gasteiger partial charge in [-0.15, -0.1) is 11.3 Å². The van der Waals surface area contributed by atoms with Crippen LogP contribution in [0.25, 0.3) is 142 Å². The lowest BCUT2D eigenvalue weighted by atomic mass is 9.43. The summed E-state index contributed by atoms with van der Waals surface area (Å²) < 4.78 is 14.7. The molecule has 8 heteroatoms. The van der Waals surface area contributed by atoms with Crippen molar-refractivity contribution >= 4 is 155 Å². The number of fused-ring (bicyclic) bond motifs is 22. The van der Waals surface area contributed by atoms with Gasteiger partial charge in [-0.3, -0.25) is 0 Å². The first-order valence-electron chi connectivity index (χ1n) is 34.4. The number of benzene rings is 13. The van der Waals surface area contributed by atoms with Gasteiger partial charge in [0.05, 0.1) is 27.5 Å². The predicted octanol–water partition coefficient (Wildman–Crippen LogP) is 21.3. The maximum atomic E-state index is 6.80. The lowest BCUT2D eigenvalue weighted by Gasteiger charge is -2.43. The lowest BCUT2D eigenvalue weighted by molar-refractivity contribution is 0.667. The van der Waals surface area contributed by atoms with Crippen molar-refractivity contribution in [2.75, 3.05) is 9.62 Å². The van der Waals surface area contributed by atoms with Crippen molar-refractivity contribution in [2.24, 2.45) is 0 Å². The average molecular weight is 1250 g/mol. The molecule has 0 fully saturated rings. The van der Waals surface area contributed by atoms with Crippen LogP contribution >= 0.6 is 11.3 Å². The summed E-state index contributed by atoms with van der Waals surface area (Å²) in [6.45, 7) is 11.4. The number of anilines is 4. The van der Waals surface area contributed by atoms with Crippen molar-refractivity contribution in [3.63, 3.8) is 0 Å². The zero-order chi connectivity index (χ0) is 63.5. The number of para-hydroxylation sites is 6. The van der Waals surface area contributed by atoms with Crippen molar-refractivity contribution in [1.82, 2.24) is 9.13 Å². The number of thiophene rings is 1. The van der Waals surface area contributed by atoms with Crippen molar-refractivity contribution < 1.29 is 4.42 Å². The fourth-order valence-corrected chi connectivity index (χ4v) is 19.5. The van der Waals surface area contributed by atoms with E-state index >= 15 is 0 Å². The first-order valence-corrected chi connectivity index (χ1v) is 35.2. The number of aromatic nitrogens is 2. The molecule has 17 aromatic rings. The van der Waals surface area contributed by atoms with Crippen LogP contribution in [0.2, 0.25) is 0 Å². The Balaban J connectivity index is 0.784. The van der Waals surface area contributed by atoms with E-state index in [1.807, 2.05) is 11.3 Å². The van der Waals surface area contributed by atoms with E-state index in [1.54, 1.807) is 0 Å². The summed E-state index contributed by atoms with van der Waals surface area (Å²) in [6.07, 6.45) is 5.97. The van der Waals surface area contributed by atoms with Crippen LogP contribution in [0.3, 0.4) is 0 Å². The first-order chi connectivity index (χ1) is 47.3. The highest BCUT2D eigenvalue weighted by molar-refractivity contribution is 7.26. The van der Waals surface area contributed by atoms with Gasteiger partial charge < -0.3 is 23.2 Å². The minimum Gasteiger partial charge on any atom is -0.456 e. The molecule has 0 aliphatic carbocycles. The quantitative estimate of drug-likeness (QED) is 0.107. The molecule has 0 bridgehead atoms. The largest absolute Gasteiger partial charge is 0.456 e. The van der Waals surface area contributed by atoms with Crippen LogP contribution in [-0.2, 0) is 6.42 Å². The van der Waals surface area contributed by atoms with Crippen LogP contribution in [-0.4, -0.2) is 22.8 Å². The Morgan fingerprint density at radius 1 is 0.375 bits per heavy atom. The summed E-state index contributed by atoms with van der Waals surface area (Å²) in [5, 5.41) is 10.1. The van der Waals surface area contributed by atoms with Gasteiger partial charge in [-0.1, -0.05) is 190 Å². The summed E-state index contributed by atoms with van der Waals surface area (Å²) in [4.78, 5) is 5.47. The number of aryl methyl sites for hydroxylation is 5. The third-order valence-corrected chi connectivity index (χ3v) is 23.5. The van der Waals surface area contributed by atoms with Gasteiger partial charge >= 0.3 is 13.7 Å². The monoisotopic (exact) mass is 1250 g/mol. The van der Waals surface area contributed by atoms with E-state index in [0.717, 1.165) is 28.4 Å². The van der Waals surface area contributed by atoms with Gasteiger partial charge in [-0.05, 0) is 196 Å². The van der Waals surface area contributed by atoms with E-state index in [1.165, 1.54) is 218 Å². The van der Waals surface area contributed by atoms with Crippen LogP contribution in [0.4, 0.5) is 22.7 Å². The van der Waals surface area contributed by atoms with Crippen molar-refractivity contribution in [3.8, 4) is 55.9 Å². The molecular formula is C88H64B2N4OS. The van der Waals surface area contributed by atoms with Crippen molar-refractivity contribution in [3.05, 3.63) is 264 Å². The Hall–Kier alpha value is -10.8. The molecule has 13 aromatic carbocycles. The van der Waals surface area contributed by atoms with Gasteiger partial charge in [0.15, 0.2) is 0 Å². The van der Waals surface area contributed by atoms with Gasteiger partial charge in [-0.25, -0.2) is 0 Å². The molecule has 21 rings (SSSR count). The molecule has 0 atom stereocenters. The highest BCUT2D eigenvalue weighted by atomic mass is 32.1. The predicted molar refractivity (Wildman–Crippen MR) is 411 cm³/mol. The van der Waals surface area contributed by atoms with Crippen LogP contribution in [0.1, 0.15) is 60.4 Å². The maximum absolute atomic E-state index is 6.80. The SMILES string of the molecule is CCCCCCc1cc2c3c(c1)-n1c4ccccc4c4cccc(c41)B3N(c1cc(-c3cc(C)c(-c4cc5c6c(c4)-n4c7ccccc7c7cccc(c74)B6N(c4ccccc4C)c4c-5ccc5oc6ccccc6c45)c(C)c3)ccc1C)c1c-2ccc2sc3ccccc3c12. The number of hydrogen-bond acceptors (Lipinski definition) is 4. The molecule has 4 aliphatic heterocycles. The third kappa shape index (κ3) is 7.32. The Labute approximate surface area is 561 Å². The second-order valence-corrected chi connectivity index (χ2v) is 28.8. The standard InChI is InChI=1S/C88H64B2N4OS/c1-6-7-8-9-23-54-45-66-63-40-42-79-82(65-27-14-19-36-78(65)96-79)88(63)94(90-69-31-21-28-60-58-24-11-16-33-71(58)91(85(60)69)74(46-54)83(66)90)73-48-55(38-37-51(73)3)56-43-52(4)80(53(5)44-56)57-47-67-62-39-41-77-81(64-26-13-18-35-76(64)95-77)87(62)93(70-32-15-10-22-50(70)2)89-68-30-20-29-61-59-25-12-17-34-72(59)92(86(61)68)75(49-57)84(67)89/h10-22,24-49H,6-9,23H2,1-5H3. The maximum Gasteiger partial charge on any atom is 0.333 e. The van der Waals surface area contributed by atoms with E-state index < -0.39 is 0 Å². The summed E-state index contributed by atoms with van der Waals surface area (Å²) in [5.41, 5.74) is 36.1. The van der Waals surface area contributed by atoms with Crippen LogP contribution in [0.5, 0.6) is 0 Å². The number of rotatable bonds is 9. The van der Waals surface area contributed by atoms with Gasteiger partial charge in [0.25, 0.3) is 0 Å². The van der Waals surface area contributed by atoms with Crippen LogP contribution < -0.4 is 31.5 Å². The van der Waals surface area contributed by atoms with E-state index in [4.69, 9.17) is 4.42 Å². The van der Waals surface area contributed by atoms with Crippen LogP contribution in [0, 0.1) is 27.7 Å².